The molecule has 10 heteroatoms. The topological polar surface area (TPSA) is 121 Å². The van der Waals surface area contributed by atoms with E-state index >= 15 is 0 Å². The number of anilines is 2. The van der Waals surface area contributed by atoms with Gasteiger partial charge in [0, 0.05) is 13.1 Å². The number of nitrogens with one attached hydrogen (secondary N) is 1. The van der Waals surface area contributed by atoms with E-state index in [9.17, 15) is 14.4 Å². The molecule has 10 nitrogen and oxygen atoms in total. The van der Waals surface area contributed by atoms with Crippen LogP contribution in [0.4, 0.5) is 17.1 Å². The minimum atomic E-state index is -0.866. The Morgan fingerprint density at radius 3 is 2.47 bits per heavy atom. The van der Waals surface area contributed by atoms with Gasteiger partial charge in [-0.1, -0.05) is 0 Å². The molecule has 0 unspecified atom stereocenters. The molecule has 1 aromatic carbocycles. The lowest BCUT2D eigenvalue weighted by Gasteiger charge is -2.32. The summed E-state index contributed by atoms with van der Waals surface area (Å²) in [5.74, 6) is -1.08. The number of hydrogen-bond donors (Lipinski definition) is 2. The van der Waals surface area contributed by atoms with Crippen LogP contribution in [-0.4, -0.2) is 48.2 Å². The molecule has 0 bridgehead atoms. The van der Waals surface area contributed by atoms with Crippen molar-refractivity contribution in [1.29, 1.82) is 0 Å². The number of amides is 3. The lowest BCUT2D eigenvalue weighted by molar-refractivity contribution is -0.671. The Hall–Kier alpha value is -3.63. The molecule has 2 aromatic rings. The van der Waals surface area contributed by atoms with Crippen LogP contribution in [0, 0.1) is 6.92 Å². The molecule has 0 radical (unpaired) electrons. The molecule has 1 aliphatic rings. The molecule has 192 valence electrons. The van der Waals surface area contributed by atoms with E-state index in [0.29, 0.717) is 17.1 Å². The van der Waals surface area contributed by atoms with Gasteiger partial charge in [0.15, 0.2) is 6.20 Å². The van der Waals surface area contributed by atoms with E-state index in [0.717, 1.165) is 16.9 Å². The Bertz CT molecular complexity index is 1230. The molecule has 2 heterocycles. The van der Waals surface area contributed by atoms with Gasteiger partial charge in [-0.15, -0.1) is 0 Å². The summed E-state index contributed by atoms with van der Waals surface area (Å²) < 4.78 is 1.87. The van der Waals surface area contributed by atoms with Crippen molar-refractivity contribution >= 4 is 40.5 Å². The quantitative estimate of drug-likeness (QED) is 0.468. The molecule has 3 rings (SSSR count). The highest BCUT2D eigenvalue weighted by molar-refractivity contribution is 6.53. The first-order valence-electron chi connectivity index (χ1n) is 11.8. The van der Waals surface area contributed by atoms with Gasteiger partial charge in [0.1, 0.15) is 18.8 Å². The first kappa shape index (κ1) is 27.0. The number of carbonyl (C=O) groups is 3. The number of hydrogen-bond acceptors (Lipinski definition) is 6. The summed E-state index contributed by atoms with van der Waals surface area (Å²) >= 11 is 0. The van der Waals surface area contributed by atoms with Gasteiger partial charge in [0.2, 0.25) is 11.6 Å². The molecule has 1 aromatic heterocycles. The average molecular weight is 496 g/mol. The Labute approximate surface area is 211 Å². The minimum absolute atomic E-state index is 0.193. The fraction of sp³-hybridized carbons (Fsp3) is 0.423. The van der Waals surface area contributed by atoms with Crippen molar-refractivity contribution in [1.82, 2.24) is 5.32 Å². The molecule has 1 aliphatic heterocycles. The van der Waals surface area contributed by atoms with Crippen LogP contribution in [-0.2, 0) is 26.3 Å². The van der Waals surface area contributed by atoms with Gasteiger partial charge in [0.05, 0.1) is 23.0 Å². The molecule has 0 aliphatic carbocycles. The third kappa shape index (κ3) is 5.60. The number of benzene rings is 1. The predicted molar refractivity (Wildman–Crippen MR) is 138 cm³/mol. The van der Waals surface area contributed by atoms with Crippen molar-refractivity contribution in [2.75, 3.05) is 17.0 Å². The van der Waals surface area contributed by atoms with E-state index in [1.165, 1.54) is 5.06 Å². The van der Waals surface area contributed by atoms with Crippen LogP contribution in [0.25, 0.3) is 0 Å². The second kappa shape index (κ2) is 10.2. The van der Waals surface area contributed by atoms with E-state index in [1.54, 1.807) is 44.0 Å². The summed E-state index contributed by atoms with van der Waals surface area (Å²) in [4.78, 5) is 50.5. The van der Waals surface area contributed by atoms with Gasteiger partial charge in [-0.3, -0.25) is 19.2 Å². The first-order valence-corrected chi connectivity index (χ1v) is 11.8. The molecule has 0 saturated carbocycles. The highest BCUT2D eigenvalue weighted by Crippen LogP contribution is 2.31. The van der Waals surface area contributed by atoms with Crippen LogP contribution in [0.5, 0.6) is 0 Å². The zero-order chi connectivity index (χ0) is 26.9. The number of nitrogens with zero attached hydrogens (tertiary/aromatic N) is 4. The lowest BCUT2D eigenvalue weighted by atomic mass is 10.1. The van der Waals surface area contributed by atoms with Crippen molar-refractivity contribution in [2.45, 2.75) is 59.2 Å². The Morgan fingerprint density at radius 2 is 1.89 bits per heavy atom. The van der Waals surface area contributed by atoms with Gasteiger partial charge in [-0.05, 0) is 71.4 Å². The molecule has 2 atom stereocenters. The van der Waals surface area contributed by atoms with Crippen LogP contribution >= 0.6 is 0 Å². The van der Waals surface area contributed by atoms with Crippen LogP contribution in [0.2, 0.25) is 0 Å². The van der Waals surface area contributed by atoms with Crippen molar-refractivity contribution < 1.29 is 23.8 Å². The van der Waals surface area contributed by atoms with Gasteiger partial charge in [0.25, 0.3) is 17.5 Å². The molecular weight excluding hydrogens is 460 g/mol. The number of fused-ring (bicyclic) bond motifs is 1. The molecule has 0 fully saturated rings. The second-order valence-corrected chi connectivity index (χ2v) is 10.0. The van der Waals surface area contributed by atoms with Crippen molar-refractivity contribution in [2.24, 2.45) is 17.8 Å². The Kier molecular flexibility index (Phi) is 7.61. The zero-order valence-corrected chi connectivity index (χ0v) is 22.1. The molecule has 0 spiro atoms. The summed E-state index contributed by atoms with van der Waals surface area (Å²) in [7, 11) is 3.59. The van der Waals surface area contributed by atoms with Gasteiger partial charge in [-0.25, -0.2) is 4.99 Å². The maximum Gasteiger partial charge on any atom is 0.283 e. The average Bonchev–Trinajstić information content (AvgIpc) is 3.03. The molecule has 3 N–H and O–H groups in total. The number of aryl methyl sites for hydroxylation is 2. The summed E-state index contributed by atoms with van der Waals surface area (Å²) in [6, 6.07) is 7.35. The fourth-order valence-electron chi connectivity index (χ4n) is 3.72. The number of aromatic nitrogens is 1. The van der Waals surface area contributed by atoms with E-state index < -0.39 is 29.5 Å². The van der Waals surface area contributed by atoms with Crippen LogP contribution in [0.3, 0.4) is 0 Å². The van der Waals surface area contributed by atoms with Crippen molar-refractivity contribution in [3.05, 3.63) is 47.8 Å². The second-order valence-electron chi connectivity index (χ2n) is 10.0. The first-order chi connectivity index (χ1) is 16.7. The van der Waals surface area contributed by atoms with Crippen LogP contribution < -0.4 is 25.6 Å². The van der Waals surface area contributed by atoms with Gasteiger partial charge >= 0.3 is 0 Å². The number of pyridine rings is 1. The third-order valence-corrected chi connectivity index (χ3v) is 5.61. The van der Waals surface area contributed by atoms with E-state index in [2.05, 4.69) is 5.32 Å². The number of rotatable bonds is 6. The normalized spacial score (nSPS) is 16.1. The standard InChI is InChI=1S/C26H34N6O4/c1-15-14-18(32(36-26(4,5)6)24(34)17(3)28-23(33)16(2)27)11-12-19(15)29-21-22-20(31(8)25(21)35)10-9-13-30(22)7/h9-14,16-17H,27H2,1-8H3/p+1/t16-,17-/m0/s1. The van der Waals surface area contributed by atoms with E-state index in [4.69, 9.17) is 15.6 Å². The maximum atomic E-state index is 13.3. The third-order valence-electron chi connectivity index (χ3n) is 5.61. The van der Waals surface area contributed by atoms with Gasteiger partial charge in [-0.2, -0.15) is 9.63 Å². The van der Waals surface area contributed by atoms with Crippen molar-refractivity contribution in [3.8, 4) is 0 Å². The van der Waals surface area contributed by atoms with Crippen LogP contribution in [0.15, 0.2) is 41.5 Å². The summed E-state index contributed by atoms with van der Waals surface area (Å²) in [6.07, 6.45) is 1.87. The largest absolute Gasteiger partial charge is 0.343 e. The highest BCUT2D eigenvalue weighted by Gasteiger charge is 2.38. The van der Waals surface area contributed by atoms with E-state index in [-0.39, 0.29) is 5.91 Å². The van der Waals surface area contributed by atoms with Crippen LogP contribution in [0.1, 0.15) is 45.9 Å². The number of aliphatic imine (C=N–C) groups is 1. The Morgan fingerprint density at radius 1 is 1.22 bits per heavy atom. The number of nitrogens with two attached hydrogens (primary N) is 1. The summed E-state index contributed by atoms with van der Waals surface area (Å²) in [5, 5.41) is 3.79. The zero-order valence-electron chi connectivity index (χ0n) is 22.1. The predicted octanol–water partition coefficient (Wildman–Crippen LogP) is 1.83. The van der Waals surface area contributed by atoms with Gasteiger partial charge < -0.3 is 16.0 Å². The maximum absolute atomic E-state index is 13.3. The lowest BCUT2D eigenvalue weighted by Crippen LogP contribution is -2.52. The summed E-state index contributed by atoms with van der Waals surface area (Å²) in [6.45, 7) is 10.4. The molecule has 0 saturated heterocycles. The smallest absolute Gasteiger partial charge is 0.283 e. The molecule has 3 amide bonds. The molecular formula is C26H35N6O4+. The summed E-state index contributed by atoms with van der Waals surface area (Å²) in [5.41, 5.74) is 8.61. The molecule has 36 heavy (non-hydrogen) atoms. The van der Waals surface area contributed by atoms with E-state index in [1.807, 2.05) is 57.6 Å². The minimum Gasteiger partial charge on any atom is -0.343 e. The SMILES string of the molecule is Cc1cc(N(OC(C)(C)C)C(=O)[C@H](C)NC(=O)[C@H](C)N)ccc1N=C1C(=O)N(C)c2ccc[n+](C)c21. The highest BCUT2D eigenvalue weighted by atomic mass is 16.7. The number of carbonyl (C=O) groups excluding carboxylic acids is 3. The Balaban J connectivity index is 1.98. The fourth-order valence-corrected chi connectivity index (χ4v) is 3.72. The van der Waals surface area contributed by atoms with Crippen molar-refractivity contribution in [3.63, 3.8) is 0 Å². The number of hydroxylamine groups is 1. The monoisotopic (exact) mass is 495 g/mol. The number of likely N-dealkylation sites (N-methyl/N-ethyl adjacent to an activating group) is 1.